The highest BCUT2D eigenvalue weighted by molar-refractivity contribution is 14.0. The van der Waals surface area contributed by atoms with E-state index in [0.29, 0.717) is 19.1 Å². The first-order valence-electron chi connectivity index (χ1n) is 8.50. The summed E-state index contributed by atoms with van der Waals surface area (Å²) >= 11 is 0. The summed E-state index contributed by atoms with van der Waals surface area (Å²) < 4.78 is 52.4. The van der Waals surface area contributed by atoms with Crippen LogP contribution < -0.4 is 20.5 Å². The van der Waals surface area contributed by atoms with Crippen molar-refractivity contribution in [1.29, 1.82) is 0 Å². The first-order valence-corrected chi connectivity index (χ1v) is 8.50. The molecule has 2 heterocycles. The van der Waals surface area contributed by atoms with Gasteiger partial charge in [0.15, 0.2) is 11.7 Å². The van der Waals surface area contributed by atoms with Crippen molar-refractivity contribution < 1.29 is 27.4 Å². The molecule has 1 aromatic heterocycles. The lowest BCUT2D eigenvalue weighted by Crippen LogP contribution is -2.24. The van der Waals surface area contributed by atoms with Crippen molar-refractivity contribution in [2.24, 2.45) is 10.7 Å². The molecule has 29 heavy (non-hydrogen) atoms. The number of para-hydroxylation sites is 2. The summed E-state index contributed by atoms with van der Waals surface area (Å²) in [6.07, 6.45) is -2.43. The molecular weight excluding hydrogens is 504 g/mol. The van der Waals surface area contributed by atoms with Crippen LogP contribution in [0.1, 0.15) is 12.0 Å². The number of aromatic nitrogens is 1. The highest BCUT2D eigenvalue weighted by atomic mass is 127. The van der Waals surface area contributed by atoms with Crippen molar-refractivity contribution >= 4 is 35.6 Å². The van der Waals surface area contributed by atoms with Gasteiger partial charge in [-0.25, -0.2) is 9.98 Å². The van der Waals surface area contributed by atoms with Crippen molar-refractivity contribution in [2.75, 3.05) is 18.5 Å². The summed E-state index contributed by atoms with van der Waals surface area (Å²) in [5, 5.41) is 2.62. The number of rotatable bonds is 6. The van der Waals surface area contributed by atoms with Gasteiger partial charge in [-0.2, -0.15) is 0 Å². The molecule has 1 aliphatic heterocycles. The van der Waals surface area contributed by atoms with Gasteiger partial charge < -0.3 is 25.3 Å². The lowest BCUT2D eigenvalue weighted by Gasteiger charge is -2.14. The normalized spacial score (nSPS) is 16.8. The number of nitrogens with two attached hydrogens (primary N) is 1. The number of halogens is 4. The lowest BCUT2D eigenvalue weighted by molar-refractivity contribution is -0.274. The van der Waals surface area contributed by atoms with Crippen molar-refractivity contribution in [1.82, 2.24) is 4.98 Å². The molecule has 1 aromatic carbocycles. The number of nitrogens with one attached hydrogen (secondary N) is 1. The summed E-state index contributed by atoms with van der Waals surface area (Å²) in [5.74, 6) is 0.00637. The van der Waals surface area contributed by atoms with Crippen LogP contribution in [0.3, 0.4) is 0 Å². The molecule has 0 bridgehead atoms. The van der Waals surface area contributed by atoms with E-state index in [0.717, 1.165) is 12.0 Å². The van der Waals surface area contributed by atoms with Gasteiger partial charge >= 0.3 is 6.36 Å². The standard InChI is InChI=1S/C18H19F3N4O3.HI/c19-18(20,21)28-15-4-2-1-3-14(15)25-17(22)24-10-12-5-7-23-16(9-12)27-13-6-8-26-11-13;/h1-5,7,9,13H,6,8,10-11H2,(H3,22,24,25);1H. The third kappa shape index (κ3) is 7.57. The van der Waals surface area contributed by atoms with Crippen LogP contribution in [0.25, 0.3) is 0 Å². The molecule has 0 saturated carbocycles. The van der Waals surface area contributed by atoms with Gasteiger partial charge in [0, 0.05) is 18.7 Å². The average molecular weight is 524 g/mol. The van der Waals surface area contributed by atoms with Crippen molar-refractivity contribution in [3.63, 3.8) is 0 Å². The largest absolute Gasteiger partial charge is 0.573 e. The molecule has 1 unspecified atom stereocenters. The van der Waals surface area contributed by atoms with E-state index in [1.54, 1.807) is 24.4 Å². The van der Waals surface area contributed by atoms with Crippen LogP contribution in [-0.4, -0.2) is 36.6 Å². The van der Waals surface area contributed by atoms with Crippen LogP contribution >= 0.6 is 24.0 Å². The molecule has 7 nitrogen and oxygen atoms in total. The van der Waals surface area contributed by atoms with Gasteiger partial charge in [-0.3, -0.25) is 0 Å². The van der Waals surface area contributed by atoms with E-state index in [9.17, 15) is 13.2 Å². The van der Waals surface area contributed by atoms with E-state index in [4.69, 9.17) is 15.2 Å². The second-order valence-electron chi connectivity index (χ2n) is 5.98. The summed E-state index contributed by atoms with van der Waals surface area (Å²) in [6.45, 7) is 1.39. The zero-order chi connectivity index (χ0) is 20.0. The maximum absolute atomic E-state index is 12.5. The van der Waals surface area contributed by atoms with Gasteiger partial charge in [0.05, 0.1) is 25.4 Å². The van der Waals surface area contributed by atoms with E-state index in [1.807, 2.05) is 0 Å². The van der Waals surface area contributed by atoms with E-state index in [2.05, 4.69) is 20.0 Å². The lowest BCUT2D eigenvalue weighted by atomic mass is 10.2. The molecule has 3 rings (SSSR count). The molecule has 3 N–H and O–H groups in total. The van der Waals surface area contributed by atoms with Gasteiger partial charge in [0.1, 0.15) is 6.10 Å². The minimum atomic E-state index is -4.80. The Hall–Kier alpha value is -2.28. The van der Waals surface area contributed by atoms with Crippen LogP contribution in [0.2, 0.25) is 0 Å². The third-order valence-corrected chi connectivity index (χ3v) is 3.78. The fourth-order valence-electron chi connectivity index (χ4n) is 2.53. The van der Waals surface area contributed by atoms with Crippen LogP contribution in [0, 0.1) is 0 Å². The maximum Gasteiger partial charge on any atom is 0.573 e. The zero-order valence-electron chi connectivity index (χ0n) is 15.2. The van der Waals surface area contributed by atoms with Crippen LogP contribution in [0.5, 0.6) is 11.6 Å². The maximum atomic E-state index is 12.5. The Labute approximate surface area is 182 Å². The number of hydrogen-bond acceptors (Lipinski definition) is 5. The van der Waals surface area contributed by atoms with E-state index in [-0.39, 0.29) is 48.3 Å². The molecular formula is C18H20F3IN4O3. The molecule has 1 saturated heterocycles. The van der Waals surface area contributed by atoms with Crippen LogP contribution in [0.15, 0.2) is 47.6 Å². The number of benzene rings is 1. The van der Waals surface area contributed by atoms with E-state index >= 15 is 0 Å². The number of pyridine rings is 1. The van der Waals surface area contributed by atoms with Gasteiger partial charge in [-0.15, -0.1) is 37.1 Å². The number of aliphatic imine (C=N–C) groups is 1. The fraction of sp³-hybridized carbons (Fsp3) is 0.333. The van der Waals surface area contributed by atoms with Gasteiger partial charge in [0.25, 0.3) is 0 Å². The van der Waals surface area contributed by atoms with Crippen molar-refractivity contribution in [3.8, 4) is 11.6 Å². The van der Waals surface area contributed by atoms with Gasteiger partial charge in [-0.1, -0.05) is 12.1 Å². The Bertz CT molecular complexity index is 830. The molecule has 1 atom stereocenters. The van der Waals surface area contributed by atoms with E-state index < -0.39 is 12.1 Å². The second kappa shape index (κ2) is 10.5. The number of alkyl halides is 3. The molecule has 0 amide bonds. The molecule has 11 heteroatoms. The minimum absolute atomic E-state index is 0. The fourth-order valence-corrected chi connectivity index (χ4v) is 2.53. The Morgan fingerprint density at radius 1 is 1.31 bits per heavy atom. The third-order valence-electron chi connectivity index (χ3n) is 3.78. The SMILES string of the molecule is I.NC(=NCc1ccnc(OC2CCOC2)c1)Nc1ccccc1OC(F)(F)F. The second-order valence-corrected chi connectivity index (χ2v) is 5.98. The smallest absolute Gasteiger partial charge is 0.472 e. The highest BCUT2D eigenvalue weighted by Crippen LogP contribution is 2.29. The Morgan fingerprint density at radius 3 is 2.83 bits per heavy atom. The molecule has 1 fully saturated rings. The highest BCUT2D eigenvalue weighted by Gasteiger charge is 2.32. The summed E-state index contributed by atoms with van der Waals surface area (Å²) in [7, 11) is 0. The number of ether oxygens (including phenoxy) is 3. The predicted octanol–water partition coefficient (Wildman–Crippen LogP) is 3.69. The number of hydrogen-bond donors (Lipinski definition) is 2. The van der Waals surface area contributed by atoms with Gasteiger partial charge in [0.2, 0.25) is 5.88 Å². The molecule has 2 aromatic rings. The van der Waals surface area contributed by atoms with Crippen LogP contribution in [0.4, 0.5) is 18.9 Å². The molecule has 1 aliphatic rings. The average Bonchev–Trinajstić information content (AvgIpc) is 3.14. The Kier molecular flexibility index (Phi) is 8.32. The molecule has 0 radical (unpaired) electrons. The quantitative estimate of drug-likeness (QED) is 0.341. The molecule has 158 valence electrons. The van der Waals surface area contributed by atoms with Gasteiger partial charge in [-0.05, 0) is 23.8 Å². The summed E-state index contributed by atoms with van der Waals surface area (Å²) in [4.78, 5) is 8.29. The first kappa shape index (κ1) is 23.0. The predicted molar refractivity (Wildman–Crippen MR) is 112 cm³/mol. The molecule has 0 spiro atoms. The van der Waals surface area contributed by atoms with Crippen molar-refractivity contribution in [2.45, 2.75) is 25.4 Å². The number of anilines is 1. The minimum Gasteiger partial charge on any atom is -0.472 e. The first-order chi connectivity index (χ1) is 13.4. The Morgan fingerprint density at radius 2 is 2.10 bits per heavy atom. The Balaban J connectivity index is 0.00000300. The monoisotopic (exact) mass is 524 g/mol. The summed E-state index contributed by atoms with van der Waals surface area (Å²) in [5.41, 5.74) is 6.64. The molecule has 0 aliphatic carbocycles. The topological polar surface area (TPSA) is 91.0 Å². The summed E-state index contributed by atoms with van der Waals surface area (Å²) in [6, 6.07) is 9.05. The van der Waals surface area contributed by atoms with Crippen LogP contribution in [-0.2, 0) is 11.3 Å². The zero-order valence-corrected chi connectivity index (χ0v) is 17.5. The van der Waals surface area contributed by atoms with Crippen molar-refractivity contribution in [3.05, 3.63) is 48.2 Å². The number of nitrogens with zero attached hydrogens (tertiary/aromatic N) is 2. The van der Waals surface area contributed by atoms with E-state index in [1.165, 1.54) is 18.2 Å². The number of guanidine groups is 1.